The van der Waals surface area contributed by atoms with E-state index >= 15 is 0 Å². The fourth-order valence-electron chi connectivity index (χ4n) is 4.12. The largest absolute Gasteiger partial charge is 0.497 e. The first-order valence-corrected chi connectivity index (χ1v) is 13.6. The Morgan fingerprint density at radius 3 is 2.24 bits per heavy atom. The van der Waals surface area contributed by atoms with Crippen molar-refractivity contribution in [1.29, 1.82) is 0 Å². The quantitative estimate of drug-likeness (QED) is 0.236. The molecule has 0 fully saturated rings. The Balaban J connectivity index is 1.81. The number of nitrogens with zero attached hydrogens (tertiary/aromatic N) is 2. The number of methoxy groups -OCH3 is 1. The molecule has 192 valence electrons. The molecule has 1 heterocycles. The molecule has 4 aromatic carbocycles. The first-order valence-electron chi connectivity index (χ1n) is 12.2. The standard InChI is InChI=1S/C31H28N2O4S/c1-22-9-15-27(16-10-22)38(34,35)33(21-24-7-5-4-6-8-24)31-18-13-25-12-14-26(36-3)20-29(25)37-30-19-23(2)11-17-28(30)32-31/h4-20H,21H2,1-3H3. The van der Waals surface area contributed by atoms with Gasteiger partial charge in [-0.3, -0.25) is 0 Å². The maximum Gasteiger partial charge on any atom is 0.265 e. The Morgan fingerprint density at radius 2 is 1.50 bits per heavy atom. The van der Waals surface area contributed by atoms with Crippen LogP contribution in [0.5, 0.6) is 5.75 Å². The van der Waals surface area contributed by atoms with Crippen LogP contribution in [0.3, 0.4) is 0 Å². The Labute approximate surface area is 222 Å². The van der Waals surface area contributed by atoms with E-state index in [1.165, 1.54) is 4.31 Å². The number of benzene rings is 4. The number of rotatable bonds is 6. The molecule has 38 heavy (non-hydrogen) atoms. The molecule has 0 aliphatic carbocycles. The predicted octanol–water partition coefficient (Wildman–Crippen LogP) is 7.13. The van der Waals surface area contributed by atoms with Crippen molar-refractivity contribution in [3.05, 3.63) is 120 Å². The molecule has 5 aromatic rings. The van der Waals surface area contributed by atoms with Gasteiger partial charge in [0.1, 0.15) is 22.7 Å². The van der Waals surface area contributed by atoms with Crippen molar-refractivity contribution in [2.75, 3.05) is 11.4 Å². The van der Waals surface area contributed by atoms with Gasteiger partial charge in [-0.25, -0.2) is 17.7 Å². The maximum absolute atomic E-state index is 14.1. The third-order valence-corrected chi connectivity index (χ3v) is 8.00. The molecule has 6 nitrogen and oxygen atoms in total. The molecular weight excluding hydrogens is 496 g/mol. The minimum absolute atomic E-state index is 0.109. The molecule has 5 rings (SSSR count). The highest BCUT2D eigenvalue weighted by Gasteiger charge is 2.26. The van der Waals surface area contributed by atoms with Crippen LogP contribution in [-0.4, -0.2) is 20.5 Å². The fraction of sp³-hybridized carbons (Fsp3) is 0.129. The summed E-state index contributed by atoms with van der Waals surface area (Å²) in [5.74, 6) is 0.922. The third-order valence-electron chi connectivity index (χ3n) is 6.24. The molecule has 0 N–H and O–H groups in total. The number of aryl methyl sites for hydroxylation is 2. The molecule has 0 bridgehead atoms. The maximum atomic E-state index is 14.1. The van der Waals surface area contributed by atoms with E-state index in [1.807, 2.05) is 86.6 Å². The Kier molecular flexibility index (Phi) is 7.03. The lowest BCUT2D eigenvalue weighted by molar-refractivity contribution is 0.414. The van der Waals surface area contributed by atoms with E-state index in [-0.39, 0.29) is 17.3 Å². The Bertz CT molecular complexity index is 1760. The van der Waals surface area contributed by atoms with Gasteiger partial charge >= 0.3 is 0 Å². The summed E-state index contributed by atoms with van der Waals surface area (Å²) in [6.45, 7) is 4.00. The van der Waals surface area contributed by atoms with Gasteiger partial charge < -0.3 is 9.15 Å². The summed E-state index contributed by atoms with van der Waals surface area (Å²) in [6, 6.07) is 31.0. The average molecular weight is 525 g/mol. The summed E-state index contributed by atoms with van der Waals surface area (Å²) in [4.78, 5) is 5.05. The Morgan fingerprint density at radius 1 is 0.789 bits per heavy atom. The van der Waals surface area contributed by atoms with Crippen molar-refractivity contribution < 1.29 is 17.6 Å². The first-order chi connectivity index (χ1) is 18.3. The van der Waals surface area contributed by atoms with Gasteiger partial charge in [-0.2, -0.15) is 0 Å². The molecule has 0 saturated carbocycles. The third kappa shape index (κ3) is 5.33. The zero-order valence-electron chi connectivity index (χ0n) is 21.5. The molecule has 7 heteroatoms. The minimum Gasteiger partial charge on any atom is -0.497 e. The van der Waals surface area contributed by atoms with Gasteiger partial charge in [0.05, 0.1) is 18.6 Å². The highest BCUT2D eigenvalue weighted by Crippen LogP contribution is 2.28. The second-order valence-corrected chi connectivity index (χ2v) is 11.0. The summed E-state index contributed by atoms with van der Waals surface area (Å²) in [5.41, 5.74) is 4.43. The van der Waals surface area contributed by atoms with Crippen molar-refractivity contribution in [2.45, 2.75) is 25.3 Å². The summed E-state index contributed by atoms with van der Waals surface area (Å²) < 4.78 is 41.2. The number of hydrogen-bond acceptors (Lipinski definition) is 5. The minimum atomic E-state index is -3.96. The smallest absolute Gasteiger partial charge is 0.265 e. The van der Waals surface area contributed by atoms with E-state index in [1.54, 1.807) is 37.4 Å². The molecule has 0 aliphatic rings. The van der Waals surface area contributed by atoms with Crippen molar-refractivity contribution in [2.24, 2.45) is 0 Å². The van der Waals surface area contributed by atoms with Gasteiger partial charge in [0.25, 0.3) is 10.0 Å². The van der Waals surface area contributed by atoms with Crippen LogP contribution >= 0.6 is 0 Å². The van der Waals surface area contributed by atoms with Gasteiger partial charge in [-0.15, -0.1) is 0 Å². The second kappa shape index (κ2) is 10.6. The van der Waals surface area contributed by atoms with E-state index in [0.29, 0.717) is 22.4 Å². The lowest BCUT2D eigenvalue weighted by Gasteiger charge is -2.23. The van der Waals surface area contributed by atoms with E-state index < -0.39 is 10.0 Å². The molecule has 0 spiro atoms. The zero-order chi connectivity index (χ0) is 26.7. The lowest BCUT2D eigenvalue weighted by atomic mass is 10.2. The number of ether oxygens (including phenoxy) is 1. The van der Waals surface area contributed by atoms with E-state index in [0.717, 1.165) is 22.1 Å². The van der Waals surface area contributed by atoms with E-state index in [9.17, 15) is 8.42 Å². The van der Waals surface area contributed by atoms with Crippen LogP contribution < -0.4 is 9.04 Å². The van der Waals surface area contributed by atoms with Crippen LogP contribution in [0.1, 0.15) is 16.7 Å². The van der Waals surface area contributed by atoms with Crippen LogP contribution in [-0.2, 0) is 16.6 Å². The fourth-order valence-corrected chi connectivity index (χ4v) is 5.52. The van der Waals surface area contributed by atoms with Crippen molar-refractivity contribution in [3.8, 4) is 5.75 Å². The number of sulfonamides is 1. The lowest BCUT2D eigenvalue weighted by Crippen LogP contribution is -2.31. The van der Waals surface area contributed by atoms with Gasteiger partial charge in [0, 0.05) is 11.5 Å². The SMILES string of the molecule is COc1ccc2ccc(N(Cc3ccccc3)S(=O)(=O)c3ccc(C)cc3)nc3ccc(C)cc3oc2c1. The molecule has 1 aromatic heterocycles. The molecular formula is C31H28N2O4S. The first kappa shape index (κ1) is 25.3. The number of fused-ring (bicyclic) bond motifs is 2. The van der Waals surface area contributed by atoms with E-state index in [2.05, 4.69) is 0 Å². The molecule has 0 aliphatic heterocycles. The number of hydrogen-bond donors (Lipinski definition) is 0. The highest BCUT2D eigenvalue weighted by atomic mass is 32.2. The summed E-state index contributed by atoms with van der Waals surface area (Å²) in [6.07, 6.45) is 0. The predicted molar refractivity (Wildman–Crippen MR) is 151 cm³/mol. The normalized spacial score (nSPS) is 11.3. The van der Waals surface area contributed by atoms with Crippen LogP contribution in [0.4, 0.5) is 5.82 Å². The number of aromatic nitrogens is 1. The zero-order valence-corrected chi connectivity index (χ0v) is 22.3. The van der Waals surface area contributed by atoms with Gasteiger partial charge in [0.2, 0.25) is 0 Å². The molecule has 0 amide bonds. The molecule has 0 radical (unpaired) electrons. The highest BCUT2D eigenvalue weighted by molar-refractivity contribution is 7.92. The van der Waals surface area contributed by atoms with Crippen molar-refractivity contribution in [1.82, 2.24) is 4.98 Å². The molecule has 0 atom stereocenters. The van der Waals surface area contributed by atoms with Gasteiger partial charge in [-0.1, -0.05) is 54.1 Å². The topological polar surface area (TPSA) is 72.6 Å². The summed E-state index contributed by atoms with van der Waals surface area (Å²) in [5, 5.41) is 0.764. The van der Waals surface area contributed by atoms with E-state index in [4.69, 9.17) is 14.1 Å². The molecule has 0 saturated heterocycles. The summed E-state index contributed by atoms with van der Waals surface area (Å²) in [7, 11) is -2.36. The van der Waals surface area contributed by atoms with Crippen molar-refractivity contribution in [3.63, 3.8) is 0 Å². The average Bonchev–Trinajstić information content (AvgIpc) is 2.99. The molecule has 0 unspecified atom stereocenters. The second-order valence-electron chi connectivity index (χ2n) is 9.09. The Hall–Kier alpha value is -4.36. The van der Waals surface area contributed by atoms with Crippen LogP contribution in [0.25, 0.3) is 22.1 Å². The van der Waals surface area contributed by atoms with Crippen LogP contribution in [0.2, 0.25) is 0 Å². The van der Waals surface area contributed by atoms with Gasteiger partial charge in [0.15, 0.2) is 5.58 Å². The van der Waals surface area contributed by atoms with Crippen LogP contribution in [0, 0.1) is 13.8 Å². The van der Waals surface area contributed by atoms with Crippen molar-refractivity contribution >= 4 is 37.9 Å². The van der Waals surface area contributed by atoms with Gasteiger partial charge in [-0.05, 0) is 73.5 Å². The van der Waals surface area contributed by atoms with Crippen LogP contribution in [0.15, 0.2) is 112 Å². The summed E-state index contributed by atoms with van der Waals surface area (Å²) >= 11 is 0. The number of anilines is 1. The monoisotopic (exact) mass is 524 g/mol.